The van der Waals surface area contributed by atoms with Crippen molar-refractivity contribution in [2.45, 2.75) is 38.3 Å². The Morgan fingerprint density at radius 2 is 1.57 bits per heavy atom. The van der Waals surface area contributed by atoms with Gasteiger partial charge in [-0.05, 0) is 43.0 Å². The number of carbonyl (C=O) groups excluding carboxylic acids is 1. The number of fused-ring (bicyclic) bond motifs is 3. The number of hydrogen-bond acceptors (Lipinski definition) is 4. The summed E-state index contributed by atoms with van der Waals surface area (Å²) in [6, 6.07) is 14.9. The molecule has 0 heterocycles. The number of rotatable bonds is 6. The predicted molar refractivity (Wildman–Crippen MR) is 105 cm³/mol. The molecule has 0 unspecified atom stereocenters. The van der Waals surface area contributed by atoms with Crippen LogP contribution in [0.3, 0.4) is 0 Å². The molecule has 2 N–H and O–H groups in total. The monoisotopic (exact) mass is 387 g/mol. The first-order valence-corrected chi connectivity index (χ1v) is 9.24. The Balaban J connectivity index is 1.65. The lowest BCUT2D eigenvalue weighted by Crippen LogP contribution is -2.45. The highest BCUT2D eigenvalue weighted by molar-refractivity contribution is 5.81. The molecule has 1 atom stereocenters. The van der Waals surface area contributed by atoms with Gasteiger partial charge in [0.1, 0.15) is 6.61 Å². The summed E-state index contributed by atoms with van der Waals surface area (Å²) in [4.78, 5) is 23.6. The summed E-state index contributed by atoms with van der Waals surface area (Å²) in [5.74, 6) is -1.25. The normalized spacial score (nSPS) is 14.1. The molecule has 0 aliphatic heterocycles. The molecule has 2 aromatic rings. The number of aliphatic carboxylic acids is 1. The third-order valence-corrected chi connectivity index (χ3v) is 4.62. The lowest BCUT2D eigenvalue weighted by Gasteiger charge is -2.23. The van der Waals surface area contributed by atoms with E-state index in [1.54, 1.807) is 0 Å². The van der Waals surface area contributed by atoms with E-state index in [9.17, 15) is 14.7 Å². The van der Waals surface area contributed by atoms with Crippen LogP contribution in [0.5, 0.6) is 0 Å². The van der Waals surface area contributed by atoms with Crippen LogP contribution in [0.1, 0.15) is 37.8 Å². The van der Waals surface area contributed by atoms with E-state index in [0.717, 1.165) is 22.3 Å². The predicted octanol–water partition coefficient (Wildman–Crippen LogP) is 3.79. The highest BCUT2D eigenvalue weighted by Gasteiger charge is 2.30. The van der Waals surface area contributed by atoms with Crippen molar-refractivity contribution in [1.29, 1.82) is 0 Å². The van der Waals surface area contributed by atoms with Gasteiger partial charge >= 0.3 is 12.1 Å². The fourth-order valence-electron chi connectivity index (χ4n) is 3.29. The zero-order valence-electron chi connectivity index (χ0n) is 16.3. The van der Waals surface area contributed by atoms with Crippen LogP contribution in [-0.2, 0) is 14.3 Å². The third kappa shape index (κ3) is 4.51. The number of alkyl carbamates (subject to hydrolysis) is 1. The molecule has 0 bridgehead atoms. The molecule has 3 rings (SSSR count). The van der Waals surface area contributed by atoms with Crippen LogP contribution >= 0.6 is 0 Å². The molecule has 148 valence electrons. The first-order valence-electron chi connectivity index (χ1n) is 9.24. The number of benzene rings is 2. The Bertz CT molecular complexity index is 826. The summed E-state index contributed by atoms with van der Waals surface area (Å²) in [5, 5.41) is 11.7. The average Bonchev–Trinajstić information content (AvgIpc) is 2.96. The number of carbonyl (C=O) groups is 2. The Morgan fingerprint density at radius 1 is 1.04 bits per heavy atom. The minimum atomic E-state index is -1.17. The van der Waals surface area contributed by atoms with E-state index in [1.165, 1.54) is 0 Å². The molecule has 1 aliphatic rings. The van der Waals surface area contributed by atoms with E-state index in [-0.39, 0.29) is 19.1 Å². The average molecular weight is 387 g/mol. The molecule has 6 heteroatoms. The van der Waals surface area contributed by atoms with Gasteiger partial charge < -0.3 is 19.9 Å². The van der Waals surface area contributed by atoms with Gasteiger partial charge in [-0.1, -0.05) is 48.5 Å². The van der Waals surface area contributed by atoms with Crippen molar-refractivity contribution in [3.8, 4) is 11.1 Å². The molecule has 28 heavy (non-hydrogen) atoms. The van der Waals surface area contributed by atoms with Crippen molar-refractivity contribution in [1.82, 2.24) is 5.32 Å². The zero-order valence-corrected chi connectivity index (χ0v) is 16.3. The van der Waals surface area contributed by atoms with Crippen LogP contribution in [0.4, 0.5) is 4.79 Å². The van der Waals surface area contributed by atoms with Crippen molar-refractivity contribution in [3.63, 3.8) is 0 Å². The second-order valence-corrected chi connectivity index (χ2v) is 7.78. The zero-order chi connectivity index (χ0) is 20.3. The maximum atomic E-state index is 12.2. The molecular weight excluding hydrogens is 362 g/mol. The Morgan fingerprint density at radius 3 is 2.07 bits per heavy atom. The number of ether oxygens (including phenoxy) is 2. The highest BCUT2D eigenvalue weighted by atomic mass is 16.6. The van der Waals surface area contributed by atoms with Gasteiger partial charge in [-0.15, -0.1) is 0 Å². The molecule has 6 nitrogen and oxygen atoms in total. The minimum absolute atomic E-state index is 0.0766. The van der Waals surface area contributed by atoms with E-state index in [2.05, 4.69) is 17.4 Å². The summed E-state index contributed by atoms with van der Waals surface area (Å²) in [6.07, 6.45) is -0.772. The van der Waals surface area contributed by atoms with E-state index in [1.807, 2.05) is 57.2 Å². The number of carboxylic acids is 1. The molecule has 1 aliphatic carbocycles. The van der Waals surface area contributed by atoms with Crippen LogP contribution in [-0.4, -0.2) is 42.0 Å². The van der Waals surface area contributed by atoms with Gasteiger partial charge in [0.25, 0.3) is 0 Å². The van der Waals surface area contributed by atoms with Gasteiger partial charge in [0, 0.05) is 5.92 Å². The van der Waals surface area contributed by atoms with Crippen LogP contribution in [0.2, 0.25) is 0 Å². The number of hydrogen-bond donors (Lipinski definition) is 2. The van der Waals surface area contributed by atoms with Crippen molar-refractivity contribution < 1.29 is 24.2 Å². The Kier molecular flexibility index (Phi) is 5.70. The van der Waals surface area contributed by atoms with E-state index in [4.69, 9.17) is 9.47 Å². The summed E-state index contributed by atoms with van der Waals surface area (Å²) >= 11 is 0. The van der Waals surface area contributed by atoms with Gasteiger partial charge in [0.15, 0.2) is 6.04 Å². The smallest absolute Gasteiger partial charge is 0.407 e. The largest absolute Gasteiger partial charge is 0.480 e. The summed E-state index contributed by atoms with van der Waals surface area (Å²) in [7, 11) is 0. The summed E-state index contributed by atoms with van der Waals surface area (Å²) in [6.45, 7) is 5.45. The third-order valence-electron chi connectivity index (χ3n) is 4.62. The van der Waals surface area contributed by atoms with Gasteiger partial charge in [-0.25, -0.2) is 9.59 Å². The maximum Gasteiger partial charge on any atom is 0.407 e. The number of amides is 1. The van der Waals surface area contributed by atoms with Crippen molar-refractivity contribution in [2.24, 2.45) is 0 Å². The highest BCUT2D eigenvalue weighted by Crippen LogP contribution is 2.44. The fourth-order valence-corrected chi connectivity index (χ4v) is 3.29. The van der Waals surface area contributed by atoms with Crippen molar-refractivity contribution in [3.05, 3.63) is 59.7 Å². The second kappa shape index (κ2) is 8.02. The minimum Gasteiger partial charge on any atom is -0.480 e. The molecular formula is C22H25NO5. The van der Waals surface area contributed by atoms with E-state index >= 15 is 0 Å². The maximum absolute atomic E-state index is 12.2. The van der Waals surface area contributed by atoms with Crippen LogP contribution in [0, 0.1) is 0 Å². The lowest BCUT2D eigenvalue weighted by molar-refractivity contribution is -0.142. The van der Waals surface area contributed by atoms with Gasteiger partial charge in [-0.3, -0.25) is 0 Å². The Hall–Kier alpha value is -2.86. The molecule has 0 radical (unpaired) electrons. The quantitative estimate of drug-likeness (QED) is 0.582. The van der Waals surface area contributed by atoms with Gasteiger partial charge in [0.2, 0.25) is 0 Å². The van der Waals surface area contributed by atoms with Crippen LogP contribution in [0.25, 0.3) is 11.1 Å². The Labute approximate surface area is 164 Å². The molecule has 0 saturated carbocycles. The van der Waals surface area contributed by atoms with E-state index in [0.29, 0.717) is 0 Å². The van der Waals surface area contributed by atoms with Crippen LogP contribution in [0.15, 0.2) is 48.5 Å². The second-order valence-electron chi connectivity index (χ2n) is 7.78. The van der Waals surface area contributed by atoms with E-state index < -0.39 is 23.7 Å². The summed E-state index contributed by atoms with van der Waals surface area (Å²) < 4.78 is 10.9. The molecule has 0 fully saturated rings. The molecule has 0 saturated heterocycles. The fraction of sp³-hybridized carbons (Fsp3) is 0.364. The van der Waals surface area contributed by atoms with Crippen LogP contribution < -0.4 is 5.32 Å². The SMILES string of the molecule is CC(C)(C)O[13CH2][13C@H]([15NH]C(=O)OCC1c2ccccc2-c2ccccc21)[13C](=O)O. The first kappa shape index (κ1) is 19.9. The number of carboxylic acid groups (broad SMARTS) is 1. The topological polar surface area (TPSA) is 84.9 Å². The van der Waals surface area contributed by atoms with Gasteiger partial charge in [0.05, 0.1) is 12.2 Å². The summed E-state index contributed by atoms with van der Waals surface area (Å²) in [5.41, 5.74) is 3.96. The molecule has 0 aromatic heterocycles. The van der Waals surface area contributed by atoms with Crippen molar-refractivity contribution >= 4 is 12.1 Å². The van der Waals surface area contributed by atoms with Gasteiger partial charge in [-0.2, -0.15) is 0 Å². The molecule has 2 aromatic carbocycles. The van der Waals surface area contributed by atoms with Crippen molar-refractivity contribution in [2.75, 3.05) is 13.2 Å². The number of nitrogens with one attached hydrogen (secondary N) is 1. The molecule has 1 amide bonds. The molecule has 0 spiro atoms. The standard InChI is InChI=1S/C22H25NO5/c1-22(2,3)28-13-19(20(24)25)23-21(26)27-12-18-16-10-6-4-8-14(16)15-9-5-7-11-17(15)18/h4-11,18-19H,12-13H2,1-3H3,(H,23,26)(H,24,25)/t19-/m0/s1/i13+1,19+1,20+1,23+1. The lowest BCUT2D eigenvalue weighted by atomic mass is 9.98. The first-order chi connectivity index (χ1) is 13.3.